The maximum Gasteiger partial charge on any atom is 0.411 e. The minimum atomic E-state index is -0.560. The number of aromatic amines is 1. The lowest BCUT2D eigenvalue weighted by Crippen LogP contribution is -2.46. The summed E-state index contributed by atoms with van der Waals surface area (Å²) in [4.78, 5) is 27.2. The third kappa shape index (κ3) is 3.54. The summed E-state index contributed by atoms with van der Waals surface area (Å²) in [5.74, 6) is 0.445. The van der Waals surface area contributed by atoms with Gasteiger partial charge in [-0.15, -0.1) is 0 Å². The number of nitrogens with zero attached hydrogens (tertiary/aromatic N) is 2. The molecule has 1 amide bonds. The molecule has 1 atom stereocenters. The summed E-state index contributed by atoms with van der Waals surface area (Å²) in [5, 5.41) is 0. The number of amides is 1. The van der Waals surface area contributed by atoms with Gasteiger partial charge in [0.15, 0.2) is 0 Å². The maximum absolute atomic E-state index is 12.1. The van der Waals surface area contributed by atoms with Crippen LogP contribution in [-0.2, 0) is 9.47 Å². The Balaban J connectivity index is 2.16. The molecule has 0 aromatic carbocycles. The number of hydrogen-bond acceptors (Lipinski definition) is 6. The first kappa shape index (κ1) is 14.0. The fraction of sp³-hybridized carbons (Fsp3) is 0.727. The highest BCUT2D eigenvalue weighted by Gasteiger charge is 2.33. The van der Waals surface area contributed by atoms with E-state index in [0.29, 0.717) is 25.6 Å². The maximum atomic E-state index is 12.1. The third-order valence-corrected chi connectivity index (χ3v) is 3.09. The van der Waals surface area contributed by atoms with Crippen molar-refractivity contribution < 1.29 is 14.3 Å². The molecule has 0 saturated carbocycles. The number of hydrogen-bond donors (Lipinski definition) is 1. The second-order valence-electron chi connectivity index (χ2n) is 5.24. The Morgan fingerprint density at radius 2 is 2.32 bits per heavy atom. The molecule has 0 aliphatic carbocycles. The van der Waals surface area contributed by atoms with Crippen LogP contribution in [0.5, 0.6) is 0 Å². The molecule has 1 aromatic rings. The predicted molar refractivity (Wildman–Crippen MR) is 69.2 cm³/mol. The van der Waals surface area contributed by atoms with Crippen LogP contribution in [0.1, 0.15) is 32.6 Å². The van der Waals surface area contributed by atoms with Gasteiger partial charge in [0, 0.05) is 18.1 Å². The molecule has 106 valence electrons. The van der Waals surface area contributed by atoms with Crippen LogP contribution in [0, 0.1) is 0 Å². The molecule has 1 unspecified atom stereocenters. The van der Waals surface area contributed by atoms with E-state index in [1.54, 1.807) is 4.90 Å². The van der Waals surface area contributed by atoms with E-state index in [0.717, 1.165) is 11.5 Å². The van der Waals surface area contributed by atoms with E-state index >= 15 is 0 Å². The second kappa shape index (κ2) is 5.30. The van der Waals surface area contributed by atoms with Crippen LogP contribution in [-0.4, -0.2) is 45.7 Å². The Hall–Kier alpha value is -1.41. The fourth-order valence-corrected chi connectivity index (χ4v) is 2.25. The molecule has 1 aliphatic heterocycles. The normalized spacial score (nSPS) is 20.4. The van der Waals surface area contributed by atoms with Crippen LogP contribution in [0.3, 0.4) is 0 Å². The summed E-state index contributed by atoms with van der Waals surface area (Å²) in [6, 6.07) is -0.400. The first-order chi connectivity index (χ1) is 8.87. The van der Waals surface area contributed by atoms with Crippen LogP contribution in [0.2, 0.25) is 0 Å². The molecule has 19 heavy (non-hydrogen) atoms. The van der Waals surface area contributed by atoms with Crippen molar-refractivity contribution in [3.8, 4) is 0 Å². The minimum Gasteiger partial charge on any atom is -0.444 e. The number of morpholine rings is 1. The highest BCUT2D eigenvalue weighted by Crippen LogP contribution is 2.23. The van der Waals surface area contributed by atoms with E-state index in [4.69, 9.17) is 9.47 Å². The molecule has 7 nitrogen and oxygen atoms in total. The van der Waals surface area contributed by atoms with Crippen LogP contribution >= 0.6 is 11.5 Å². The standard InChI is InChI=1S/C11H17N3O4S/c1-11(2,3)18-10(16)14-4-5-17-6-7(14)8-12-9(15)19-13-8/h7H,4-6H2,1-3H3,(H,12,13,15). The monoisotopic (exact) mass is 287 g/mol. The highest BCUT2D eigenvalue weighted by atomic mass is 32.1. The molecule has 1 fully saturated rings. The topological polar surface area (TPSA) is 84.5 Å². The lowest BCUT2D eigenvalue weighted by Gasteiger charge is -2.35. The molecular weight excluding hydrogens is 270 g/mol. The van der Waals surface area contributed by atoms with Gasteiger partial charge >= 0.3 is 11.0 Å². The van der Waals surface area contributed by atoms with E-state index < -0.39 is 17.7 Å². The van der Waals surface area contributed by atoms with Crippen molar-refractivity contribution >= 4 is 17.6 Å². The van der Waals surface area contributed by atoms with Crippen LogP contribution < -0.4 is 4.87 Å². The quantitative estimate of drug-likeness (QED) is 0.837. The summed E-state index contributed by atoms with van der Waals surface area (Å²) in [5.41, 5.74) is -0.560. The van der Waals surface area contributed by atoms with Gasteiger partial charge < -0.3 is 9.47 Å². The van der Waals surface area contributed by atoms with Gasteiger partial charge in [-0.3, -0.25) is 14.7 Å². The molecule has 0 radical (unpaired) electrons. The van der Waals surface area contributed by atoms with Gasteiger partial charge in [0.1, 0.15) is 17.5 Å². The van der Waals surface area contributed by atoms with Crippen molar-refractivity contribution in [2.45, 2.75) is 32.4 Å². The second-order valence-corrected chi connectivity index (χ2v) is 5.98. The third-order valence-electron chi connectivity index (χ3n) is 2.53. The molecule has 2 heterocycles. The summed E-state index contributed by atoms with van der Waals surface area (Å²) >= 11 is 0.830. The van der Waals surface area contributed by atoms with Crippen molar-refractivity contribution in [1.29, 1.82) is 0 Å². The molecule has 2 rings (SSSR count). The Labute approximate surface area is 114 Å². The fourth-order valence-electron chi connectivity index (χ4n) is 1.75. The van der Waals surface area contributed by atoms with E-state index in [-0.39, 0.29) is 4.87 Å². The van der Waals surface area contributed by atoms with Crippen molar-refractivity contribution in [3.05, 3.63) is 15.5 Å². The number of rotatable bonds is 1. The van der Waals surface area contributed by atoms with Crippen LogP contribution in [0.4, 0.5) is 4.79 Å². The SMILES string of the molecule is CC(C)(C)OC(=O)N1CCOCC1c1nsc(=O)[nH]1. The zero-order valence-electron chi connectivity index (χ0n) is 11.1. The Kier molecular flexibility index (Phi) is 3.91. The first-order valence-electron chi connectivity index (χ1n) is 6.00. The molecule has 1 saturated heterocycles. The number of carbonyl (C=O) groups is 1. The molecule has 0 spiro atoms. The first-order valence-corrected chi connectivity index (χ1v) is 6.77. The highest BCUT2D eigenvalue weighted by molar-refractivity contribution is 7.02. The Morgan fingerprint density at radius 3 is 2.89 bits per heavy atom. The summed E-state index contributed by atoms with van der Waals surface area (Å²) < 4.78 is 14.7. The number of carbonyl (C=O) groups excluding carboxylic acids is 1. The summed E-state index contributed by atoms with van der Waals surface area (Å²) in [6.07, 6.45) is -0.422. The van der Waals surface area contributed by atoms with Crippen molar-refractivity contribution in [1.82, 2.24) is 14.3 Å². The van der Waals surface area contributed by atoms with Gasteiger partial charge in [0.2, 0.25) is 0 Å². The Morgan fingerprint density at radius 1 is 1.58 bits per heavy atom. The molecule has 1 aromatic heterocycles. The van der Waals surface area contributed by atoms with E-state index in [1.807, 2.05) is 20.8 Å². The average molecular weight is 287 g/mol. The van der Waals surface area contributed by atoms with Crippen molar-refractivity contribution in [3.63, 3.8) is 0 Å². The number of aromatic nitrogens is 2. The van der Waals surface area contributed by atoms with Crippen LogP contribution in [0.15, 0.2) is 4.79 Å². The van der Waals surface area contributed by atoms with Crippen molar-refractivity contribution in [2.24, 2.45) is 0 Å². The van der Waals surface area contributed by atoms with Gasteiger partial charge in [-0.05, 0) is 20.8 Å². The molecule has 1 N–H and O–H groups in total. The average Bonchev–Trinajstić information content (AvgIpc) is 2.73. The number of nitrogens with one attached hydrogen (secondary N) is 1. The van der Waals surface area contributed by atoms with E-state index in [1.165, 1.54) is 0 Å². The van der Waals surface area contributed by atoms with E-state index in [9.17, 15) is 9.59 Å². The summed E-state index contributed by atoms with van der Waals surface area (Å²) in [6.45, 7) is 6.60. The van der Waals surface area contributed by atoms with Gasteiger partial charge in [-0.25, -0.2) is 4.79 Å². The molecule has 0 bridgehead atoms. The smallest absolute Gasteiger partial charge is 0.411 e. The van der Waals surface area contributed by atoms with Gasteiger partial charge in [-0.1, -0.05) is 0 Å². The molecule has 8 heteroatoms. The lowest BCUT2D eigenvalue weighted by atomic mass is 10.2. The van der Waals surface area contributed by atoms with Crippen molar-refractivity contribution in [2.75, 3.05) is 19.8 Å². The van der Waals surface area contributed by atoms with Gasteiger partial charge in [0.25, 0.3) is 0 Å². The minimum absolute atomic E-state index is 0.246. The summed E-state index contributed by atoms with van der Waals surface area (Å²) in [7, 11) is 0. The van der Waals surface area contributed by atoms with Crippen LogP contribution in [0.25, 0.3) is 0 Å². The molecule has 1 aliphatic rings. The van der Waals surface area contributed by atoms with Gasteiger partial charge in [-0.2, -0.15) is 4.37 Å². The number of ether oxygens (including phenoxy) is 2. The predicted octanol–water partition coefficient (Wildman–Crippen LogP) is 1.14. The molecular formula is C11H17N3O4S. The Bertz CT molecular complexity index is 505. The number of H-pyrrole nitrogens is 1. The zero-order valence-corrected chi connectivity index (χ0v) is 12.0. The van der Waals surface area contributed by atoms with E-state index in [2.05, 4.69) is 9.36 Å². The van der Waals surface area contributed by atoms with Gasteiger partial charge in [0.05, 0.1) is 13.2 Å². The lowest BCUT2D eigenvalue weighted by molar-refractivity contribution is -0.0348. The largest absolute Gasteiger partial charge is 0.444 e. The zero-order chi connectivity index (χ0) is 14.0.